The number of aromatic hydroxyl groups is 1. The van der Waals surface area contributed by atoms with E-state index in [-0.39, 0.29) is 23.5 Å². The number of nitrogens with zero attached hydrogens (tertiary/aromatic N) is 2. The van der Waals surface area contributed by atoms with Crippen LogP contribution < -0.4 is 0 Å². The van der Waals surface area contributed by atoms with Gasteiger partial charge in [-0.1, -0.05) is 24.3 Å². The summed E-state index contributed by atoms with van der Waals surface area (Å²) in [5.41, 5.74) is 1.83. The molecule has 5 nitrogen and oxygen atoms in total. The molecule has 0 spiro atoms. The molecule has 26 heavy (non-hydrogen) atoms. The van der Waals surface area contributed by atoms with Crippen molar-refractivity contribution in [1.29, 1.82) is 0 Å². The second-order valence-electron chi connectivity index (χ2n) is 6.64. The van der Waals surface area contributed by atoms with Crippen molar-refractivity contribution in [3.63, 3.8) is 0 Å². The van der Waals surface area contributed by atoms with Crippen LogP contribution in [0, 0.1) is 5.92 Å². The van der Waals surface area contributed by atoms with E-state index in [0.717, 1.165) is 23.3 Å². The standard InChI is InChI=1S/C21H20N2O3/c24-20-8-2-1-5-16(20)13-23(14-17-7-4-10-26-17)21(25)19-11-18(19)15-6-3-9-22-12-15/h1-10,12,18-19,24H,11,13-14H2/t18-,19+/m0/s1. The predicted octanol–water partition coefficient (Wildman–Crippen LogP) is 3.71. The third-order valence-corrected chi connectivity index (χ3v) is 4.81. The van der Waals surface area contributed by atoms with Crippen molar-refractivity contribution in [3.05, 3.63) is 84.1 Å². The van der Waals surface area contributed by atoms with Crippen molar-refractivity contribution in [1.82, 2.24) is 9.88 Å². The highest BCUT2D eigenvalue weighted by atomic mass is 16.3. The molecule has 1 aliphatic carbocycles. The van der Waals surface area contributed by atoms with Crippen LogP contribution in [-0.4, -0.2) is 20.9 Å². The molecule has 1 saturated carbocycles. The molecule has 1 aromatic carbocycles. The van der Waals surface area contributed by atoms with Crippen molar-refractivity contribution >= 4 is 5.91 Å². The van der Waals surface area contributed by atoms with E-state index in [0.29, 0.717) is 13.1 Å². The van der Waals surface area contributed by atoms with Crippen LogP contribution in [0.1, 0.15) is 29.2 Å². The highest BCUT2D eigenvalue weighted by molar-refractivity contribution is 5.83. The summed E-state index contributed by atoms with van der Waals surface area (Å²) >= 11 is 0. The maximum Gasteiger partial charge on any atom is 0.227 e. The van der Waals surface area contributed by atoms with E-state index in [4.69, 9.17) is 4.42 Å². The van der Waals surface area contributed by atoms with Gasteiger partial charge < -0.3 is 14.4 Å². The number of benzene rings is 1. The number of phenolic OH excluding ortho intramolecular Hbond substituents is 1. The van der Waals surface area contributed by atoms with Crippen LogP contribution in [0.2, 0.25) is 0 Å². The molecule has 0 radical (unpaired) electrons. The second kappa shape index (κ2) is 7.04. The first-order chi connectivity index (χ1) is 12.7. The minimum atomic E-state index is -0.0417. The quantitative estimate of drug-likeness (QED) is 0.737. The zero-order chi connectivity index (χ0) is 17.9. The number of carbonyl (C=O) groups is 1. The summed E-state index contributed by atoms with van der Waals surface area (Å²) in [5, 5.41) is 10.1. The minimum absolute atomic E-state index is 0.0417. The Labute approximate surface area is 151 Å². The van der Waals surface area contributed by atoms with Crippen LogP contribution in [-0.2, 0) is 17.9 Å². The molecule has 2 atom stereocenters. The van der Waals surface area contributed by atoms with Gasteiger partial charge in [-0.3, -0.25) is 9.78 Å². The van der Waals surface area contributed by atoms with E-state index in [1.54, 1.807) is 29.5 Å². The predicted molar refractivity (Wildman–Crippen MR) is 96.2 cm³/mol. The Morgan fingerprint density at radius 3 is 2.77 bits per heavy atom. The number of hydrogen-bond acceptors (Lipinski definition) is 4. The Balaban J connectivity index is 1.53. The number of furan rings is 1. The number of aromatic nitrogens is 1. The van der Waals surface area contributed by atoms with Gasteiger partial charge in [0, 0.05) is 30.4 Å². The molecule has 0 bridgehead atoms. The van der Waals surface area contributed by atoms with E-state index in [9.17, 15) is 9.90 Å². The average molecular weight is 348 g/mol. The van der Waals surface area contributed by atoms with Gasteiger partial charge in [-0.2, -0.15) is 0 Å². The molecule has 2 aromatic heterocycles. The van der Waals surface area contributed by atoms with Gasteiger partial charge >= 0.3 is 0 Å². The van der Waals surface area contributed by atoms with Crippen LogP contribution >= 0.6 is 0 Å². The van der Waals surface area contributed by atoms with Crippen molar-refractivity contribution < 1.29 is 14.3 Å². The number of rotatable bonds is 6. The Hall–Kier alpha value is -3.08. The molecule has 3 aromatic rings. The number of pyridine rings is 1. The number of hydrogen-bond donors (Lipinski definition) is 1. The summed E-state index contributed by atoms with van der Waals surface area (Å²) < 4.78 is 5.43. The molecular formula is C21H20N2O3. The molecule has 1 N–H and O–H groups in total. The third kappa shape index (κ3) is 3.47. The van der Waals surface area contributed by atoms with E-state index in [2.05, 4.69) is 4.98 Å². The normalized spacial score (nSPS) is 18.5. The van der Waals surface area contributed by atoms with Gasteiger partial charge in [-0.25, -0.2) is 0 Å². The average Bonchev–Trinajstić information content (AvgIpc) is 3.31. The second-order valence-corrected chi connectivity index (χ2v) is 6.64. The fourth-order valence-electron chi connectivity index (χ4n) is 3.32. The highest BCUT2D eigenvalue weighted by Crippen LogP contribution is 2.48. The maximum absolute atomic E-state index is 13.1. The molecule has 2 heterocycles. The lowest BCUT2D eigenvalue weighted by atomic mass is 10.1. The lowest BCUT2D eigenvalue weighted by Crippen LogP contribution is -2.31. The SMILES string of the molecule is O=C([C@@H]1C[C@H]1c1cccnc1)N(Cc1ccco1)Cc1ccccc1O. The zero-order valence-electron chi connectivity index (χ0n) is 14.3. The monoisotopic (exact) mass is 348 g/mol. The minimum Gasteiger partial charge on any atom is -0.508 e. The molecule has 1 amide bonds. The highest BCUT2D eigenvalue weighted by Gasteiger charge is 2.46. The van der Waals surface area contributed by atoms with Crippen LogP contribution in [0.3, 0.4) is 0 Å². The largest absolute Gasteiger partial charge is 0.508 e. The van der Waals surface area contributed by atoms with Crippen molar-refractivity contribution in [2.75, 3.05) is 0 Å². The van der Waals surface area contributed by atoms with E-state index >= 15 is 0 Å². The summed E-state index contributed by atoms with van der Waals surface area (Å²) in [7, 11) is 0. The molecular weight excluding hydrogens is 328 g/mol. The van der Waals surface area contributed by atoms with Crippen molar-refractivity contribution in [2.45, 2.75) is 25.4 Å². The summed E-state index contributed by atoms with van der Waals surface area (Å²) in [5.74, 6) is 1.19. The summed E-state index contributed by atoms with van der Waals surface area (Å²) in [6, 6.07) is 14.7. The van der Waals surface area contributed by atoms with Gasteiger partial charge in [0.1, 0.15) is 11.5 Å². The Bertz CT molecular complexity index is 877. The topological polar surface area (TPSA) is 66.6 Å². The van der Waals surface area contributed by atoms with Gasteiger partial charge in [0.25, 0.3) is 0 Å². The lowest BCUT2D eigenvalue weighted by Gasteiger charge is -2.22. The lowest BCUT2D eigenvalue weighted by molar-refractivity contribution is -0.134. The molecule has 0 saturated heterocycles. The fourth-order valence-corrected chi connectivity index (χ4v) is 3.32. The molecule has 1 aliphatic rings. The van der Waals surface area contributed by atoms with Crippen LogP contribution in [0.25, 0.3) is 0 Å². The summed E-state index contributed by atoms with van der Waals surface area (Å²) in [4.78, 5) is 19.0. The van der Waals surface area contributed by atoms with Crippen LogP contribution in [0.15, 0.2) is 71.6 Å². The van der Waals surface area contributed by atoms with Gasteiger partial charge in [-0.15, -0.1) is 0 Å². The summed E-state index contributed by atoms with van der Waals surface area (Å²) in [6.45, 7) is 0.735. The number of carbonyl (C=O) groups excluding carboxylic acids is 1. The maximum atomic E-state index is 13.1. The van der Waals surface area contributed by atoms with Crippen LogP contribution in [0.4, 0.5) is 0 Å². The van der Waals surface area contributed by atoms with Gasteiger partial charge in [0.2, 0.25) is 5.91 Å². The summed E-state index contributed by atoms with van der Waals surface area (Å²) in [6.07, 6.45) is 6.01. The number of amides is 1. The Morgan fingerprint density at radius 2 is 2.04 bits per heavy atom. The zero-order valence-corrected chi connectivity index (χ0v) is 14.3. The first-order valence-electron chi connectivity index (χ1n) is 8.70. The van der Waals surface area contributed by atoms with Crippen LogP contribution in [0.5, 0.6) is 5.75 Å². The van der Waals surface area contributed by atoms with Gasteiger partial charge in [0.05, 0.1) is 12.8 Å². The first-order valence-corrected chi connectivity index (χ1v) is 8.70. The number of phenols is 1. The molecule has 4 rings (SSSR count). The van der Waals surface area contributed by atoms with E-state index < -0.39 is 0 Å². The Kier molecular flexibility index (Phi) is 4.44. The van der Waals surface area contributed by atoms with E-state index in [1.165, 1.54) is 0 Å². The third-order valence-electron chi connectivity index (χ3n) is 4.81. The molecule has 0 unspecified atom stereocenters. The molecule has 1 fully saturated rings. The smallest absolute Gasteiger partial charge is 0.227 e. The first kappa shape index (κ1) is 16.4. The molecule has 132 valence electrons. The van der Waals surface area contributed by atoms with E-state index in [1.807, 2.05) is 42.6 Å². The number of para-hydroxylation sites is 1. The Morgan fingerprint density at radius 1 is 1.15 bits per heavy atom. The fraction of sp³-hybridized carbons (Fsp3) is 0.238. The van der Waals surface area contributed by atoms with Crippen molar-refractivity contribution in [2.24, 2.45) is 5.92 Å². The molecule has 0 aliphatic heterocycles. The molecule has 5 heteroatoms. The van der Waals surface area contributed by atoms with Gasteiger partial charge in [0.15, 0.2) is 0 Å². The van der Waals surface area contributed by atoms with Crippen molar-refractivity contribution in [3.8, 4) is 5.75 Å². The van der Waals surface area contributed by atoms with Gasteiger partial charge in [-0.05, 0) is 42.2 Å².